The maximum absolute atomic E-state index is 9.43. The number of aliphatic hydroxyl groups is 1. The number of hydrogen-bond donors (Lipinski definition) is 2. The van der Waals surface area contributed by atoms with Gasteiger partial charge < -0.3 is 10.4 Å². The van der Waals surface area contributed by atoms with E-state index in [4.69, 9.17) is 0 Å². The van der Waals surface area contributed by atoms with Crippen molar-refractivity contribution >= 4 is 27.3 Å². The van der Waals surface area contributed by atoms with Crippen LogP contribution in [-0.2, 0) is 6.54 Å². The summed E-state index contributed by atoms with van der Waals surface area (Å²) in [4.78, 5) is 1.27. The molecule has 13 heavy (non-hydrogen) atoms. The summed E-state index contributed by atoms with van der Waals surface area (Å²) >= 11 is 5.12. The molecule has 0 saturated heterocycles. The number of thiophene rings is 1. The standard InChI is InChI=1S/C9H14BrNOS/c1-9(2,12)6-11-5-7-3-4-8(10)13-7/h3-4,11-12H,5-6H2,1-2H3. The fraction of sp³-hybridized carbons (Fsp3) is 0.556. The molecule has 4 heteroatoms. The predicted octanol–water partition coefficient (Wildman–Crippen LogP) is 2.37. The molecular formula is C9H14BrNOS. The second-order valence-corrected chi connectivity index (χ2v) is 6.17. The second kappa shape index (κ2) is 4.55. The Bertz CT molecular complexity index is 267. The predicted molar refractivity (Wildman–Crippen MR) is 60.0 cm³/mol. The van der Waals surface area contributed by atoms with Crippen molar-refractivity contribution in [3.8, 4) is 0 Å². The summed E-state index contributed by atoms with van der Waals surface area (Å²) in [6.45, 7) is 5.03. The molecule has 0 aliphatic carbocycles. The largest absolute Gasteiger partial charge is 0.389 e. The molecule has 0 atom stereocenters. The van der Waals surface area contributed by atoms with E-state index in [0.29, 0.717) is 6.54 Å². The van der Waals surface area contributed by atoms with Gasteiger partial charge in [0.1, 0.15) is 0 Å². The van der Waals surface area contributed by atoms with Gasteiger partial charge in [-0.3, -0.25) is 0 Å². The van der Waals surface area contributed by atoms with Crippen molar-refractivity contribution in [1.82, 2.24) is 5.32 Å². The Labute approximate surface area is 91.1 Å². The highest BCUT2D eigenvalue weighted by atomic mass is 79.9. The third-order valence-electron chi connectivity index (χ3n) is 1.49. The van der Waals surface area contributed by atoms with Gasteiger partial charge in [-0.05, 0) is 41.9 Å². The number of hydrogen-bond acceptors (Lipinski definition) is 3. The van der Waals surface area contributed by atoms with Crippen LogP contribution >= 0.6 is 27.3 Å². The second-order valence-electron chi connectivity index (χ2n) is 3.62. The van der Waals surface area contributed by atoms with E-state index in [1.165, 1.54) is 4.88 Å². The molecule has 1 aromatic heterocycles. The Morgan fingerprint density at radius 2 is 2.23 bits per heavy atom. The van der Waals surface area contributed by atoms with Gasteiger partial charge in [-0.15, -0.1) is 11.3 Å². The van der Waals surface area contributed by atoms with Gasteiger partial charge in [0, 0.05) is 18.0 Å². The minimum atomic E-state index is -0.630. The van der Waals surface area contributed by atoms with E-state index in [0.717, 1.165) is 10.3 Å². The number of halogens is 1. The average Bonchev–Trinajstić information content (AvgIpc) is 2.33. The smallest absolute Gasteiger partial charge is 0.0715 e. The van der Waals surface area contributed by atoms with E-state index in [2.05, 4.69) is 27.3 Å². The van der Waals surface area contributed by atoms with Crippen LogP contribution in [0.4, 0.5) is 0 Å². The van der Waals surface area contributed by atoms with Gasteiger partial charge in [0.15, 0.2) is 0 Å². The maximum Gasteiger partial charge on any atom is 0.0715 e. The first-order valence-electron chi connectivity index (χ1n) is 4.15. The molecule has 0 aromatic carbocycles. The van der Waals surface area contributed by atoms with Crippen LogP contribution in [0.15, 0.2) is 15.9 Å². The molecule has 74 valence electrons. The zero-order valence-corrected chi connectivity index (χ0v) is 10.2. The molecule has 2 nitrogen and oxygen atoms in total. The molecule has 0 bridgehead atoms. The van der Waals surface area contributed by atoms with Crippen LogP contribution in [-0.4, -0.2) is 17.3 Å². The Balaban J connectivity index is 2.28. The van der Waals surface area contributed by atoms with E-state index < -0.39 is 5.60 Å². The van der Waals surface area contributed by atoms with Gasteiger partial charge in [-0.2, -0.15) is 0 Å². The number of nitrogens with one attached hydrogen (secondary N) is 1. The molecule has 1 rings (SSSR count). The van der Waals surface area contributed by atoms with Crippen LogP contribution in [0.5, 0.6) is 0 Å². The fourth-order valence-corrected chi connectivity index (χ4v) is 2.39. The summed E-state index contributed by atoms with van der Waals surface area (Å²) in [5.41, 5.74) is -0.630. The lowest BCUT2D eigenvalue weighted by Gasteiger charge is -2.17. The first-order chi connectivity index (χ1) is 5.97. The third kappa shape index (κ3) is 4.76. The summed E-state index contributed by atoms with van der Waals surface area (Å²) in [6.07, 6.45) is 0. The molecular weight excluding hydrogens is 250 g/mol. The molecule has 2 N–H and O–H groups in total. The minimum absolute atomic E-state index is 0.614. The van der Waals surface area contributed by atoms with Crippen LogP contribution in [0.25, 0.3) is 0 Å². The molecule has 0 saturated carbocycles. The zero-order chi connectivity index (χ0) is 9.90. The highest BCUT2D eigenvalue weighted by molar-refractivity contribution is 9.11. The molecule has 0 amide bonds. The van der Waals surface area contributed by atoms with E-state index >= 15 is 0 Å². The van der Waals surface area contributed by atoms with Gasteiger partial charge >= 0.3 is 0 Å². The molecule has 0 aliphatic rings. The molecule has 0 fully saturated rings. The normalized spacial score (nSPS) is 12.0. The quantitative estimate of drug-likeness (QED) is 0.875. The van der Waals surface area contributed by atoms with E-state index in [1.807, 2.05) is 6.07 Å². The summed E-state index contributed by atoms with van der Waals surface area (Å²) in [7, 11) is 0. The van der Waals surface area contributed by atoms with Crippen molar-refractivity contribution in [2.45, 2.75) is 26.0 Å². The first kappa shape index (κ1) is 11.2. The third-order valence-corrected chi connectivity index (χ3v) is 3.11. The Morgan fingerprint density at radius 1 is 1.54 bits per heavy atom. The lowest BCUT2D eigenvalue weighted by molar-refractivity contribution is 0.0796. The van der Waals surface area contributed by atoms with Crippen LogP contribution in [0.3, 0.4) is 0 Å². The highest BCUT2D eigenvalue weighted by Gasteiger charge is 2.11. The van der Waals surface area contributed by atoms with E-state index in [-0.39, 0.29) is 0 Å². The molecule has 0 unspecified atom stereocenters. The minimum Gasteiger partial charge on any atom is -0.389 e. The molecule has 0 spiro atoms. The molecule has 0 radical (unpaired) electrons. The van der Waals surface area contributed by atoms with Crippen molar-refractivity contribution in [1.29, 1.82) is 0 Å². The Morgan fingerprint density at radius 3 is 2.69 bits per heavy atom. The SMILES string of the molecule is CC(C)(O)CNCc1ccc(Br)s1. The monoisotopic (exact) mass is 263 g/mol. The van der Waals surface area contributed by atoms with Crippen LogP contribution in [0.1, 0.15) is 18.7 Å². The topological polar surface area (TPSA) is 32.3 Å². The molecule has 1 heterocycles. The van der Waals surface area contributed by atoms with Gasteiger partial charge in [0.2, 0.25) is 0 Å². The van der Waals surface area contributed by atoms with Gasteiger partial charge in [-0.25, -0.2) is 0 Å². The van der Waals surface area contributed by atoms with Gasteiger partial charge in [0.25, 0.3) is 0 Å². The van der Waals surface area contributed by atoms with Crippen molar-refractivity contribution in [2.24, 2.45) is 0 Å². The van der Waals surface area contributed by atoms with Gasteiger partial charge in [0.05, 0.1) is 9.39 Å². The average molecular weight is 264 g/mol. The summed E-state index contributed by atoms with van der Waals surface area (Å²) in [5.74, 6) is 0. The van der Waals surface area contributed by atoms with E-state index in [9.17, 15) is 5.11 Å². The fourth-order valence-electron chi connectivity index (χ4n) is 0.938. The lowest BCUT2D eigenvalue weighted by atomic mass is 10.1. The summed E-state index contributed by atoms with van der Waals surface area (Å²) < 4.78 is 1.15. The molecule has 1 aromatic rings. The van der Waals surface area contributed by atoms with Crippen molar-refractivity contribution in [3.05, 3.63) is 20.8 Å². The first-order valence-corrected chi connectivity index (χ1v) is 5.76. The van der Waals surface area contributed by atoms with E-state index in [1.54, 1.807) is 25.2 Å². The summed E-state index contributed by atoms with van der Waals surface area (Å²) in [6, 6.07) is 4.11. The van der Waals surface area contributed by atoms with Crippen LogP contribution in [0, 0.1) is 0 Å². The van der Waals surface area contributed by atoms with Crippen LogP contribution in [0.2, 0.25) is 0 Å². The molecule has 0 aliphatic heterocycles. The zero-order valence-electron chi connectivity index (χ0n) is 7.80. The highest BCUT2D eigenvalue weighted by Crippen LogP contribution is 2.21. The van der Waals surface area contributed by atoms with Gasteiger partial charge in [-0.1, -0.05) is 0 Å². The van der Waals surface area contributed by atoms with Crippen molar-refractivity contribution in [2.75, 3.05) is 6.54 Å². The number of rotatable bonds is 4. The van der Waals surface area contributed by atoms with Crippen molar-refractivity contribution < 1.29 is 5.11 Å². The Hall–Kier alpha value is 0.1000. The van der Waals surface area contributed by atoms with Crippen LogP contribution < -0.4 is 5.32 Å². The summed E-state index contributed by atoms with van der Waals surface area (Å²) in [5, 5.41) is 12.6. The van der Waals surface area contributed by atoms with Crippen molar-refractivity contribution in [3.63, 3.8) is 0 Å². The maximum atomic E-state index is 9.43. The Kier molecular flexibility index (Phi) is 3.91. The lowest BCUT2D eigenvalue weighted by Crippen LogP contribution is -2.34.